The van der Waals surface area contributed by atoms with Crippen LogP contribution >= 0.6 is 0 Å². The predicted octanol–water partition coefficient (Wildman–Crippen LogP) is 0.944. The molecule has 0 radical (unpaired) electrons. The monoisotopic (exact) mass is 256 g/mol. The zero-order valence-corrected chi connectivity index (χ0v) is 11.5. The second kappa shape index (κ2) is 6.73. The first kappa shape index (κ1) is 15.0. The maximum atomic E-state index is 11.8. The molecule has 1 rings (SSSR count). The SMILES string of the molecule is CC(C)C[C@@H](NC(=O)CC1CCN(C)C1)C(=O)O. The number of rotatable bonds is 6. The highest BCUT2D eigenvalue weighted by molar-refractivity contribution is 5.83. The number of carbonyl (C=O) groups excluding carboxylic acids is 1. The molecule has 1 heterocycles. The number of nitrogens with one attached hydrogen (secondary N) is 1. The van der Waals surface area contributed by atoms with E-state index in [9.17, 15) is 9.59 Å². The van der Waals surface area contributed by atoms with Gasteiger partial charge in [-0.25, -0.2) is 4.79 Å². The lowest BCUT2D eigenvalue weighted by atomic mass is 10.0. The van der Waals surface area contributed by atoms with Crippen LogP contribution in [-0.2, 0) is 9.59 Å². The van der Waals surface area contributed by atoms with Crippen LogP contribution in [0.4, 0.5) is 0 Å². The van der Waals surface area contributed by atoms with Gasteiger partial charge in [-0.05, 0) is 38.3 Å². The summed E-state index contributed by atoms with van der Waals surface area (Å²) in [6.07, 6.45) is 1.93. The minimum atomic E-state index is -0.944. The van der Waals surface area contributed by atoms with Crippen LogP contribution in [0.25, 0.3) is 0 Å². The van der Waals surface area contributed by atoms with E-state index in [2.05, 4.69) is 10.2 Å². The summed E-state index contributed by atoms with van der Waals surface area (Å²) >= 11 is 0. The fourth-order valence-electron chi connectivity index (χ4n) is 2.40. The molecule has 0 aromatic rings. The number of hydrogen-bond donors (Lipinski definition) is 2. The van der Waals surface area contributed by atoms with Gasteiger partial charge in [0.15, 0.2) is 0 Å². The van der Waals surface area contributed by atoms with E-state index in [4.69, 9.17) is 5.11 Å². The van der Waals surface area contributed by atoms with Crippen LogP contribution in [0.3, 0.4) is 0 Å². The number of carboxylic acid groups (broad SMARTS) is 1. The highest BCUT2D eigenvalue weighted by atomic mass is 16.4. The molecule has 0 aliphatic carbocycles. The highest BCUT2D eigenvalue weighted by Crippen LogP contribution is 2.18. The highest BCUT2D eigenvalue weighted by Gasteiger charge is 2.25. The van der Waals surface area contributed by atoms with Crippen molar-refractivity contribution in [2.75, 3.05) is 20.1 Å². The normalized spacial score (nSPS) is 22.1. The Kier molecular flexibility index (Phi) is 5.59. The van der Waals surface area contributed by atoms with Gasteiger partial charge in [0.2, 0.25) is 5.91 Å². The molecule has 2 atom stereocenters. The van der Waals surface area contributed by atoms with Crippen LogP contribution in [0, 0.1) is 11.8 Å². The van der Waals surface area contributed by atoms with Gasteiger partial charge in [0.05, 0.1) is 0 Å². The number of nitrogens with zero attached hydrogens (tertiary/aromatic N) is 1. The Hall–Kier alpha value is -1.10. The van der Waals surface area contributed by atoms with Gasteiger partial charge in [-0.3, -0.25) is 4.79 Å². The lowest BCUT2D eigenvalue weighted by molar-refractivity contribution is -0.142. The minimum absolute atomic E-state index is 0.136. The van der Waals surface area contributed by atoms with Gasteiger partial charge in [-0.1, -0.05) is 13.8 Å². The average molecular weight is 256 g/mol. The van der Waals surface area contributed by atoms with Crippen molar-refractivity contribution in [3.05, 3.63) is 0 Å². The number of aliphatic carboxylic acids is 1. The summed E-state index contributed by atoms with van der Waals surface area (Å²) < 4.78 is 0. The molecule has 104 valence electrons. The average Bonchev–Trinajstić information content (AvgIpc) is 2.62. The van der Waals surface area contributed by atoms with Gasteiger partial charge in [-0.15, -0.1) is 0 Å². The maximum Gasteiger partial charge on any atom is 0.326 e. The van der Waals surface area contributed by atoms with E-state index in [0.29, 0.717) is 18.8 Å². The van der Waals surface area contributed by atoms with Gasteiger partial charge in [-0.2, -0.15) is 0 Å². The molecule has 18 heavy (non-hydrogen) atoms. The smallest absolute Gasteiger partial charge is 0.326 e. The summed E-state index contributed by atoms with van der Waals surface area (Å²) in [5, 5.41) is 11.7. The van der Waals surface area contributed by atoms with Gasteiger partial charge in [0, 0.05) is 13.0 Å². The number of carboxylic acids is 1. The molecule has 5 nitrogen and oxygen atoms in total. The van der Waals surface area contributed by atoms with E-state index < -0.39 is 12.0 Å². The first-order chi connectivity index (χ1) is 8.38. The van der Waals surface area contributed by atoms with E-state index in [1.165, 1.54) is 0 Å². The van der Waals surface area contributed by atoms with Crippen molar-refractivity contribution < 1.29 is 14.7 Å². The quantitative estimate of drug-likeness (QED) is 0.742. The predicted molar refractivity (Wildman–Crippen MR) is 69.2 cm³/mol. The minimum Gasteiger partial charge on any atom is -0.480 e. The fourth-order valence-corrected chi connectivity index (χ4v) is 2.40. The standard InChI is InChI=1S/C13H24N2O3/c1-9(2)6-11(13(17)18)14-12(16)7-10-4-5-15(3)8-10/h9-11H,4-8H2,1-3H3,(H,14,16)(H,17,18)/t10?,11-/m1/s1. The summed E-state index contributed by atoms with van der Waals surface area (Å²) in [4.78, 5) is 25.0. The van der Waals surface area contributed by atoms with Crippen molar-refractivity contribution in [3.8, 4) is 0 Å². The third-order valence-corrected chi connectivity index (χ3v) is 3.30. The zero-order valence-electron chi connectivity index (χ0n) is 11.5. The Balaban J connectivity index is 2.39. The summed E-state index contributed by atoms with van der Waals surface area (Å²) in [5.41, 5.74) is 0. The third kappa shape index (κ3) is 5.04. The third-order valence-electron chi connectivity index (χ3n) is 3.30. The summed E-state index contributed by atoms with van der Waals surface area (Å²) in [6, 6.07) is -0.753. The van der Waals surface area contributed by atoms with E-state index in [-0.39, 0.29) is 11.8 Å². The van der Waals surface area contributed by atoms with Crippen LogP contribution in [0.1, 0.15) is 33.1 Å². The van der Waals surface area contributed by atoms with E-state index in [1.807, 2.05) is 20.9 Å². The van der Waals surface area contributed by atoms with Gasteiger partial charge >= 0.3 is 5.97 Å². The largest absolute Gasteiger partial charge is 0.480 e. The summed E-state index contributed by atoms with van der Waals surface area (Å²) in [6.45, 7) is 5.85. The first-order valence-electron chi connectivity index (χ1n) is 6.59. The van der Waals surface area contributed by atoms with Crippen LogP contribution < -0.4 is 5.32 Å². The zero-order chi connectivity index (χ0) is 13.7. The van der Waals surface area contributed by atoms with Crippen molar-refractivity contribution in [2.24, 2.45) is 11.8 Å². The molecule has 0 spiro atoms. The van der Waals surface area contributed by atoms with E-state index >= 15 is 0 Å². The van der Waals surface area contributed by atoms with Crippen molar-refractivity contribution >= 4 is 11.9 Å². The lowest BCUT2D eigenvalue weighted by Gasteiger charge is -2.17. The molecule has 1 amide bonds. The fraction of sp³-hybridized carbons (Fsp3) is 0.846. The molecule has 0 bridgehead atoms. The van der Waals surface area contributed by atoms with Crippen LogP contribution in [0.5, 0.6) is 0 Å². The molecule has 5 heteroatoms. The van der Waals surface area contributed by atoms with E-state index in [1.54, 1.807) is 0 Å². The van der Waals surface area contributed by atoms with Gasteiger partial charge in [0.1, 0.15) is 6.04 Å². The number of carbonyl (C=O) groups is 2. The van der Waals surface area contributed by atoms with Crippen molar-refractivity contribution in [1.29, 1.82) is 0 Å². The lowest BCUT2D eigenvalue weighted by Crippen LogP contribution is -2.42. The summed E-state index contributed by atoms with van der Waals surface area (Å²) in [7, 11) is 2.04. The van der Waals surface area contributed by atoms with Crippen LogP contribution in [-0.4, -0.2) is 48.1 Å². The topological polar surface area (TPSA) is 69.6 Å². The second-order valence-corrected chi connectivity index (χ2v) is 5.71. The van der Waals surface area contributed by atoms with E-state index in [0.717, 1.165) is 19.5 Å². The number of likely N-dealkylation sites (tertiary alicyclic amines) is 1. The summed E-state index contributed by atoms with van der Waals surface area (Å²) in [5.74, 6) is -0.462. The molecule has 0 saturated carbocycles. The van der Waals surface area contributed by atoms with Gasteiger partial charge < -0.3 is 15.3 Å². The molecule has 1 saturated heterocycles. The Morgan fingerprint density at radius 1 is 1.44 bits per heavy atom. The maximum absolute atomic E-state index is 11.8. The molecule has 1 unspecified atom stereocenters. The van der Waals surface area contributed by atoms with Crippen LogP contribution in [0.15, 0.2) is 0 Å². The molecular formula is C13H24N2O3. The number of amides is 1. The molecule has 1 aliphatic heterocycles. The molecular weight excluding hydrogens is 232 g/mol. The Morgan fingerprint density at radius 3 is 2.56 bits per heavy atom. The van der Waals surface area contributed by atoms with Crippen LogP contribution in [0.2, 0.25) is 0 Å². The van der Waals surface area contributed by atoms with Gasteiger partial charge in [0.25, 0.3) is 0 Å². The molecule has 2 N–H and O–H groups in total. The Bertz CT molecular complexity index is 305. The molecule has 0 aromatic carbocycles. The molecule has 0 aromatic heterocycles. The van der Waals surface area contributed by atoms with Crippen molar-refractivity contribution in [2.45, 2.75) is 39.2 Å². The van der Waals surface area contributed by atoms with Crippen molar-refractivity contribution in [3.63, 3.8) is 0 Å². The Morgan fingerprint density at radius 2 is 2.11 bits per heavy atom. The first-order valence-corrected chi connectivity index (χ1v) is 6.59. The van der Waals surface area contributed by atoms with Crippen molar-refractivity contribution in [1.82, 2.24) is 10.2 Å². The number of hydrogen-bond acceptors (Lipinski definition) is 3. The molecule has 1 fully saturated rings. The second-order valence-electron chi connectivity index (χ2n) is 5.71. The Labute approximate surface area is 109 Å². The molecule has 1 aliphatic rings.